The molecule has 0 radical (unpaired) electrons. The quantitative estimate of drug-likeness (QED) is 0.773. The maximum Gasteiger partial charge on any atom is 0.274 e. The Balaban J connectivity index is 1.74. The minimum Gasteiger partial charge on any atom is -0.337 e. The molecule has 0 bridgehead atoms. The summed E-state index contributed by atoms with van der Waals surface area (Å²) < 4.78 is 2.32. The van der Waals surface area contributed by atoms with Crippen LogP contribution in [-0.2, 0) is 13.0 Å². The highest BCUT2D eigenvalue weighted by Gasteiger charge is 2.31. The molecule has 0 aliphatic carbocycles. The van der Waals surface area contributed by atoms with E-state index in [2.05, 4.69) is 49.6 Å². The van der Waals surface area contributed by atoms with E-state index in [1.165, 1.54) is 18.4 Å². The average molecular weight is 366 g/mol. The summed E-state index contributed by atoms with van der Waals surface area (Å²) in [5.74, 6) is 2.23. The van der Waals surface area contributed by atoms with E-state index in [4.69, 9.17) is 4.98 Å². The molecule has 4 heteroatoms. The smallest absolute Gasteiger partial charge is 0.274 e. The number of aromatic nitrogens is 2. The average Bonchev–Trinajstić information content (AvgIpc) is 2.82. The fraction of sp³-hybridized carbons (Fsp3) is 0.565. The van der Waals surface area contributed by atoms with Crippen LogP contribution >= 0.6 is 0 Å². The van der Waals surface area contributed by atoms with Gasteiger partial charge in [0.15, 0.2) is 0 Å². The van der Waals surface area contributed by atoms with Crippen molar-refractivity contribution in [2.45, 2.75) is 59.4 Å². The molecule has 1 saturated heterocycles. The van der Waals surface area contributed by atoms with Gasteiger partial charge in [0.05, 0.1) is 5.69 Å². The number of aryl methyl sites for hydroxylation is 1. The topological polar surface area (TPSA) is 38.1 Å². The van der Waals surface area contributed by atoms with Crippen LogP contribution in [-0.4, -0.2) is 33.4 Å². The van der Waals surface area contributed by atoms with Gasteiger partial charge in [0.25, 0.3) is 5.91 Å². The minimum absolute atomic E-state index is 0.136. The lowest BCUT2D eigenvalue weighted by atomic mass is 9.91. The monoisotopic (exact) mass is 365 g/mol. The van der Waals surface area contributed by atoms with Gasteiger partial charge in [-0.2, -0.15) is 0 Å². The first-order valence-electron chi connectivity index (χ1n) is 10.5. The summed E-state index contributed by atoms with van der Waals surface area (Å²) in [6.45, 7) is 9.28. The molecule has 2 aromatic rings. The summed E-state index contributed by atoms with van der Waals surface area (Å²) in [6.07, 6.45) is 5.69. The van der Waals surface area contributed by atoms with Crippen molar-refractivity contribution < 1.29 is 4.79 Å². The van der Waals surface area contributed by atoms with Crippen LogP contribution in [0.4, 0.5) is 0 Å². The van der Waals surface area contributed by atoms with Crippen molar-refractivity contribution in [3.63, 3.8) is 0 Å². The third-order valence-electron chi connectivity index (χ3n) is 6.04. The number of carbonyl (C=O) groups is 1. The Morgan fingerprint density at radius 2 is 1.74 bits per heavy atom. The highest BCUT2D eigenvalue weighted by molar-refractivity contribution is 5.94. The van der Waals surface area contributed by atoms with Gasteiger partial charge in [0, 0.05) is 25.2 Å². The number of hydrogen-bond donors (Lipinski definition) is 0. The van der Waals surface area contributed by atoms with Crippen molar-refractivity contribution in [1.29, 1.82) is 0 Å². The van der Waals surface area contributed by atoms with Crippen molar-refractivity contribution in [2.24, 2.45) is 11.8 Å². The van der Waals surface area contributed by atoms with Crippen LogP contribution in [0, 0.1) is 18.8 Å². The zero-order valence-corrected chi connectivity index (χ0v) is 16.9. The van der Waals surface area contributed by atoms with Gasteiger partial charge in [0.2, 0.25) is 0 Å². The van der Waals surface area contributed by atoms with Crippen molar-refractivity contribution in [3.05, 3.63) is 41.2 Å². The van der Waals surface area contributed by atoms with Crippen molar-refractivity contribution in [3.8, 4) is 11.4 Å². The molecule has 0 saturated carbocycles. The standard InChI is InChI=1S/C23H31N3O/c1-16-8-10-19(11-9-16)22-24-21(20-7-5-4-6-12-26(20)22)23(27)25-14-17(2)13-18(3)15-25/h8-11,17-18H,4-7,12-15H2,1-3H3/t17-,18-/m1/s1. The number of rotatable bonds is 2. The fourth-order valence-electron chi connectivity index (χ4n) is 4.79. The number of piperidine rings is 1. The Morgan fingerprint density at radius 1 is 1.04 bits per heavy atom. The van der Waals surface area contributed by atoms with Crippen LogP contribution in [0.2, 0.25) is 0 Å². The minimum atomic E-state index is 0.136. The Labute approximate surface area is 162 Å². The molecular formula is C23H31N3O. The maximum absolute atomic E-state index is 13.4. The fourth-order valence-corrected chi connectivity index (χ4v) is 4.79. The number of fused-ring (bicyclic) bond motifs is 1. The molecule has 1 aromatic carbocycles. The number of imidazole rings is 1. The predicted molar refractivity (Wildman–Crippen MR) is 109 cm³/mol. The number of likely N-dealkylation sites (tertiary alicyclic amines) is 1. The largest absolute Gasteiger partial charge is 0.337 e. The molecule has 1 fully saturated rings. The zero-order valence-electron chi connectivity index (χ0n) is 16.9. The van der Waals surface area contributed by atoms with E-state index in [1.807, 2.05) is 4.90 Å². The van der Waals surface area contributed by atoms with E-state index in [0.29, 0.717) is 17.5 Å². The lowest BCUT2D eigenvalue weighted by Gasteiger charge is -2.34. The van der Waals surface area contributed by atoms with Crippen LogP contribution in [0.1, 0.15) is 61.3 Å². The van der Waals surface area contributed by atoms with Crippen molar-refractivity contribution in [2.75, 3.05) is 13.1 Å². The third kappa shape index (κ3) is 3.67. The Bertz CT molecular complexity index is 811. The number of nitrogens with zero attached hydrogens (tertiary/aromatic N) is 3. The summed E-state index contributed by atoms with van der Waals surface area (Å²) >= 11 is 0. The molecule has 0 unspecified atom stereocenters. The summed E-state index contributed by atoms with van der Waals surface area (Å²) in [7, 11) is 0. The maximum atomic E-state index is 13.4. The highest BCUT2D eigenvalue weighted by Crippen LogP contribution is 2.29. The molecule has 1 aromatic heterocycles. The van der Waals surface area contributed by atoms with Crippen molar-refractivity contribution >= 4 is 5.91 Å². The number of amides is 1. The van der Waals surface area contributed by atoms with E-state index >= 15 is 0 Å². The Morgan fingerprint density at radius 3 is 2.44 bits per heavy atom. The second-order valence-electron chi connectivity index (χ2n) is 8.72. The molecular weight excluding hydrogens is 334 g/mol. The first-order chi connectivity index (χ1) is 13.0. The summed E-state index contributed by atoms with van der Waals surface area (Å²) in [6, 6.07) is 8.52. The van der Waals surface area contributed by atoms with Gasteiger partial charge in [-0.25, -0.2) is 4.98 Å². The third-order valence-corrected chi connectivity index (χ3v) is 6.04. The zero-order chi connectivity index (χ0) is 19.0. The molecule has 144 valence electrons. The van der Waals surface area contributed by atoms with Gasteiger partial charge in [-0.15, -0.1) is 0 Å². The summed E-state index contributed by atoms with van der Waals surface area (Å²) in [5.41, 5.74) is 4.21. The molecule has 0 spiro atoms. The van der Waals surface area contributed by atoms with Crippen molar-refractivity contribution in [1.82, 2.24) is 14.5 Å². The van der Waals surface area contributed by atoms with Crippen LogP contribution in [0.3, 0.4) is 0 Å². The number of hydrogen-bond acceptors (Lipinski definition) is 2. The number of carbonyl (C=O) groups excluding carboxylic acids is 1. The van der Waals surface area contributed by atoms with Crippen LogP contribution in [0.15, 0.2) is 24.3 Å². The summed E-state index contributed by atoms with van der Waals surface area (Å²) in [4.78, 5) is 20.4. The van der Waals surface area contributed by atoms with Gasteiger partial charge in [0.1, 0.15) is 11.5 Å². The van der Waals surface area contributed by atoms with Crippen LogP contribution < -0.4 is 0 Å². The molecule has 2 atom stereocenters. The number of benzene rings is 1. The van der Waals surface area contributed by atoms with Gasteiger partial charge in [-0.3, -0.25) is 4.79 Å². The van der Waals surface area contributed by atoms with Crippen LogP contribution in [0.25, 0.3) is 11.4 Å². The van der Waals surface area contributed by atoms with E-state index in [-0.39, 0.29) is 5.91 Å². The molecule has 2 aliphatic rings. The Hall–Kier alpha value is -2.10. The normalized spacial score (nSPS) is 23.0. The first-order valence-corrected chi connectivity index (χ1v) is 10.5. The first kappa shape index (κ1) is 18.3. The molecule has 0 N–H and O–H groups in total. The lowest BCUT2D eigenvalue weighted by Crippen LogP contribution is -2.43. The molecule has 4 nitrogen and oxygen atoms in total. The summed E-state index contributed by atoms with van der Waals surface area (Å²) in [5, 5.41) is 0. The molecule has 27 heavy (non-hydrogen) atoms. The van der Waals surface area contributed by atoms with E-state index in [9.17, 15) is 4.79 Å². The molecule has 4 rings (SSSR count). The van der Waals surface area contributed by atoms with Gasteiger partial charge in [-0.1, -0.05) is 50.1 Å². The van der Waals surface area contributed by atoms with E-state index < -0.39 is 0 Å². The molecule has 3 heterocycles. The Kier molecular flexibility index (Phi) is 5.07. The van der Waals surface area contributed by atoms with Crippen LogP contribution in [0.5, 0.6) is 0 Å². The lowest BCUT2D eigenvalue weighted by molar-refractivity contribution is 0.0616. The molecule has 1 amide bonds. The van der Waals surface area contributed by atoms with Gasteiger partial charge < -0.3 is 9.47 Å². The SMILES string of the molecule is Cc1ccc(-c2nc(C(=O)N3C[C@H](C)C[C@@H](C)C3)c3n2CCCCC3)cc1. The second-order valence-corrected chi connectivity index (χ2v) is 8.72. The van der Waals surface area contributed by atoms with Gasteiger partial charge in [-0.05, 0) is 44.4 Å². The highest BCUT2D eigenvalue weighted by atomic mass is 16.2. The van der Waals surface area contributed by atoms with Gasteiger partial charge >= 0.3 is 0 Å². The van der Waals surface area contributed by atoms with E-state index in [1.54, 1.807) is 0 Å². The molecule has 2 aliphatic heterocycles. The van der Waals surface area contributed by atoms with E-state index in [0.717, 1.165) is 56.0 Å². The predicted octanol–water partition coefficient (Wildman–Crippen LogP) is 4.70. The second kappa shape index (κ2) is 7.49.